The van der Waals surface area contributed by atoms with Crippen molar-refractivity contribution in [2.45, 2.75) is 206 Å². The third kappa shape index (κ3) is 21.9. The topological polar surface area (TPSA) is 296 Å². The number of hydrogen-bond acceptors (Lipinski definition) is 22. The fraction of sp³-hybridized carbons (Fsp3) is 0.577. The Morgan fingerprint density at radius 2 is 1.01 bits per heavy atom. The third-order valence-electron chi connectivity index (χ3n) is 17.7. The third-order valence-corrected chi connectivity index (χ3v) is 26.8. The summed E-state index contributed by atoms with van der Waals surface area (Å²) in [5, 5.41) is 5.41. The summed E-state index contributed by atoms with van der Waals surface area (Å²) in [5.41, 5.74) is 1.84. The van der Waals surface area contributed by atoms with Crippen molar-refractivity contribution in [3.05, 3.63) is 89.5 Å². The number of ether oxygens (including phenoxy) is 12. The molecule has 3 aliphatic rings. The van der Waals surface area contributed by atoms with Gasteiger partial charge < -0.3 is 75.5 Å². The lowest BCUT2D eigenvalue weighted by Gasteiger charge is -2.43. The van der Waals surface area contributed by atoms with Gasteiger partial charge in [-0.25, -0.2) is 14.4 Å². The van der Waals surface area contributed by atoms with Crippen molar-refractivity contribution in [2.24, 2.45) is 0 Å². The fourth-order valence-electron chi connectivity index (χ4n) is 10.5. The van der Waals surface area contributed by atoms with E-state index in [-0.39, 0.29) is 112 Å². The highest BCUT2D eigenvalue weighted by Gasteiger charge is 2.56. The number of esters is 4. The van der Waals surface area contributed by atoms with Gasteiger partial charge in [0.25, 0.3) is 11.8 Å². The molecule has 0 radical (unpaired) electrons. The predicted molar refractivity (Wildman–Crippen MR) is 372 cm³/mol. The minimum atomic E-state index is -2.25. The van der Waals surface area contributed by atoms with Gasteiger partial charge in [0, 0.05) is 46.0 Å². The van der Waals surface area contributed by atoms with E-state index in [2.05, 4.69) is 91.5 Å². The summed E-state index contributed by atoms with van der Waals surface area (Å²) in [6.45, 7) is 39.7. The highest BCUT2D eigenvalue weighted by molar-refractivity contribution is 6.74. The number of nitrogens with zero attached hydrogens (tertiary/aromatic N) is 2. The van der Waals surface area contributed by atoms with Crippen LogP contribution in [-0.4, -0.2) is 184 Å². The van der Waals surface area contributed by atoms with Crippen molar-refractivity contribution in [2.75, 3.05) is 71.5 Å². The Morgan fingerprint density at radius 1 is 0.576 bits per heavy atom. The van der Waals surface area contributed by atoms with Gasteiger partial charge in [-0.15, -0.1) is 0 Å². The highest BCUT2D eigenvalue weighted by atomic mass is 28.4. The van der Waals surface area contributed by atoms with Crippen LogP contribution >= 0.6 is 0 Å². The van der Waals surface area contributed by atoms with Crippen LogP contribution in [0.4, 0.5) is 21.0 Å². The maximum Gasteiger partial charge on any atom is 0.412 e. The van der Waals surface area contributed by atoms with E-state index < -0.39 is 94.9 Å². The van der Waals surface area contributed by atoms with E-state index in [1.165, 1.54) is 38.5 Å². The number of likely N-dealkylation sites (tertiary alicyclic amines) is 2. The first-order valence-electron chi connectivity index (χ1n) is 33.0. The summed E-state index contributed by atoms with van der Waals surface area (Å²) < 4.78 is 81.9. The van der Waals surface area contributed by atoms with Gasteiger partial charge in [-0.05, 0) is 119 Å². The lowest BCUT2D eigenvalue weighted by molar-refractivity contribution is -0.282. The second-order valence-electron chi connectivity index (χ2n) is 28.8. The average Bonchev–Trinajstić information content (AvgIpc) is 1.46. The second kappa shape index (κ2) is 33.8. The molecule has 0 aromatic heterocycles. The molecule has 7 atom stereocenters. The van der Waals surface area contributed by atoms with Crippen molar-refractivity contribution in [3.63, 3.8) is 0 Å². The molecule has 546 valence electrons. The Hall–Kier alpha value is -8.19. The number of carbonyl (C=O) groups excluding carboxylic acids is 8. The van der Waals surface area contributed by atoms with Crippen LogP contribution in [0.1, 0.15) is 141 Å². The fourth-order valence-corrected chi connectivity index (χ4v) is 12.6. The standard InChI is InChI=1S/C71H102N4O22Si2/c1-42-31-48(40-90-98(18,19)70(9,10)11)74(37-42)63(79)51-33-55(84-15)57(35-53(51)72-67(82)89-39-47-25-27-50(28-26-47)95-66-62(94-46(5)78)60(93-45(4)77)59(92-44(3)76)61(96-66)65(81)86-17)87-29-23-22-24-30-88-58-36-54(73-68(83)97-69(6,7)8)52(34-56(58)85-16)64(80)75-38-43(2)32-49(75)41-91-99(20,21)71(12,13)14/h25-28,33-36,48-49,59-62,66H,1-2,22-24,29-32,37-41H2,3-21H3,(H,72,82)(H,73,83)/t48-,49-,59-,60-,61-,62+,66+/m0/s1. The summed E-state index contributed by atoms with van der Waals surface area (Å²) in [6.07, 6.45) is -6.96. The number of rotatable bonds is 28. The molecule has 3 aromatic carbocycles. The van der Waals surface area contributed by atoms with Gasteiger partial charge in [-0.3, -0.25) is 34.6 Å². The summed E-state index contributed by atoms with van der Waals surface area (Å²) >= 11 is 0. The van der Waals surface area contributed by atoms with E-state index >= 15 is 0 Å². The van der Waals surface area contributed by atoms with E-state index in [1.54, 1.807) is 54.8 Å². The van der Waals surface area contributed by atoms with Crippen molar-refractivity contribution in [1.29, 1.82) is 0 Å². The quantitative estimate of drug-likeness (QED) is 0.0224. The Kier molecular flexibility index (Phi) is 27.2. The van der Waals surface area contributed by atoms with E-state index in [0.29, 0.717) is 50.8 Å². The predicted octanol–water partition coefficient (Wildman–Crippen LogP) is 12.1. The molecule has 0 unspecified atom stereocenters. The zero-order valence-electron chi connectivity index (χ0n) is 60.9. The van der Waals surface area contributed by atoms with Gasteiger partial charge in [0.1, 0.15) is 18.0 Å². The minimum Gasteiger partial charge on any atom is -0.493 e. The van der Waals surface area contributed by atoms with Gasteiger partial charge in [0.2, 0.25) is 12.4 Å². The molecular formula is C71H102N4O22Si2. The summed E-state index contributed by atoms with van der Waals surface area (Å²) in [5.74, 6) is -3.24. The molecule has 2 N–H and O–H groups in total. The Balaban J connectivity index is 1.18. The maximum absolute atomic E-state index is 14.9. The van der Waals surface area contributed by atoms with Crippen LogP contribution in [0, 0.1) is 0 Å². The van der Waals surface area contributed by atoms with Gasteiger partial charge in [-0.1, -0.05) is 78.0 Å². The van der Waals surface area contributed by atoms with E-state index in [9.17, 15) is 38.4 Å². The normalized spacial score (nSPS) is 19.7. The van der Waals surface area contributed by atoms with Crippen molar-refractivity contribution in [3.8, 4) is 28.7 Å². The monoisotopic (exact) mass is 1420 g/mol. The molecule has 3 aliphatic heterocycles. The Bertz CT molecular complexity index is 3430. The highest BCUT2D eigenvalue weighted by Crippen LogP contribution is 2.42. The molecule has 3 heterocycles. The average molecular weight is 1420 g/mol. The van der Waals surface area contributed by atoms with Crippen molar-refractivity contribution in [1.82, 2.24) is 9.80 Å². The zero-order chi connectivity index (χ0) is 73.7. The van der Waals surface area contributed by atoms with Crippen molar-refractivity contribution < 1.29 is 104 Å². The molecule has 0 saturated carbocycles. The number of nitrogens with one attached hydrogen (secondary N) is 2. The van der Waals surface area contributed by atoms with E-state index in [1.807, 2.05) is 0 Å². The summed E-state index contributed by atoms with van der Waals surface area (Å²) in [6, 6.07) is 11.6. The molecule has 3 aromatic rings. The molecule has 0 bridgehead atoms. The molecule has 3 fully saturated rings. The number of hydrogen-bond donors (Lipinski definition) is 2. The van der Waals surface area contributed by atoms with E-state index in [0.717, 1.165) is 39.0 Å². The van der Waals surface area contributed by atoms with Crippen LogP contribution in [0.3, 0.4) is 0 Å². The zero-order valence-corrected chi connectivity index (χ0v) is 62.9. The van der Waals surface area contributed by atoms with Crippen LogP contribution in [0.5, 0.6) is 28.7 Å². The number of carbonyl (C=O) groups is 8. The van der Waals surface area contributed by atoms with Gasteiger partial charge in [0.15, 0.2) is 57.9 Å². The lowest BCUT2D eigenvalue weighted by Crippen LogP contribution is -2.64. The maximum atomic E-state index is 14.9. The first kappa shape index (κ1) is 79.8. The van der Waals surface area contributed by atoms with Crippen LogP contribution in [0.15, 0.2) is 72.8 Å². The van der Waals surface area contributed by atoms with Gasteiger partial charge in [-0.2, -0.15) is 0 Å². The first-order chi connectivity index (χ1) is 46.2. The molecule has 0 aliphatic carbocycles. The summed E-state index contributed by atoms with van der Waals surface area (Å²) in [7, 11) is -0.438. The van der Waals surface area contributed by atoms with Crippen LogP contribution in [0.2, 0.25) is 36.3 Å². The molecule has 6 rings (SSSR count). The smallest absolute Gasteiger partial charge is 0.412 e. The molecule has 28 heteroatoms. The SMILES string of the molecule is C=C1C[C@@H](CO[Si](C)(C)C(C)(C)C)N(C(=O)c2cc(OC)c(OCCCCCOc3cc(NC(=O)OC(C)(C)C)c(C(=O)N4CC(=C)C[C@H]4CO[Si](C)(C)C(C)(C)C)cc3OC)cc2NC(=O)OCc2ccc(O[C@@H]3O[C@H](C(=O)OC)[C@@H](OC(C)=O)[C@H](OC(C)=O)[C@H]3OC(C)=O)cc2)C1. The second-order valence-corrected chi connectivity index (χ2v) is 38.5. The minimum absolute atomic E-state index is 0.0419. The molecule has 99 heavy (non-hydrogen) atoms. The number of unbranched alkanes of at least 4 members (excludes halogenated alkanes) is 2. The molecule has 4 amide bonds. The van der Waals surface area contributed by atoms with Crippen LogP contribution in [-0.2, 0) is 67.8 Å². The van der Waals surface area contributed by atoms with Gasteiger partial charge in [0.05, 0.1) is 82.3 Å². The number of amides is 4. The molecule has 0 spiro atoms. The Morgan fingerprint density at radius 3 is 1.42 bits per heavy atom. The van der Waals surface area contributed by atoms with Crippen molar-refractivity contribution >= 4 is 75.9 Å². The Labute approximate surface area is 583 Å². The molecular weight excluding hydrogens is 1320 g/mol. The van der Waals surface area contributed by atoms with E-state index in [4.69, 9.17) is 65.7 Å². The number of methoxy groups -OCH3 is 3. The largest absolute Gasteiger partial charge is 0.493 e. The summed E-state index contributed by atoms with van der Waals surface area (Å²) in [4.78, 5) is 110. The van der Waals surface area contributed by atoms with Gasteiger partial charge >= 0.3 is 36.1 Å². The van der Waals surface area contributed by atoms with Crippen LogP contribution < -0.4 is 34.3 Å². The molecule has 26 nitrogen and oxygen atoms in total. The first-order valence-corrected chi connectivity index (χ1v) is 38.8. The van der Waals surface area contributed by atoms with Crippen LogP contribution in [0.25, 0.3) is 0 Å². The number of anilines is 2. The molecule has 3 saturated heterocycles. The lowest BCUT2D eigenvalue weighted by atomic mass is 9.97. The number of benzene rings is 3.